The second kappa shape index (κ2) is 7.40. The van der Waals surface area contributed by atoms with Gasteiger partial charge in [0.15, 0.2) is 5.82 Å². The summed E-state index contributed by atoms with van der Waals surface area (Å²) in [7, 11) is 0. The predicted octanol–water partition coefficient (Wildman–Crippen LogP) is 0.602. The van der Waals surface area contributed by atoms with E-state index in [-0.39, 0.29) is 12.0 Å². The molecule has 1 unspecified atom stereocenters. The number of carbonyl (C=O) groups is 1. The van der Waals surface area contributed by atoms with Gasteiger partial charge in [0.1, 0.15) is 12.0 Å². The first-order valence-corrected chi connectivity index (χ1v) is 8.39. The van der Waals surface area contributed by atoms with Crippen molar-refractivity contribution in [2.75, 3.05) is 13.1 Å². The largest absolute Gasteiger partial charge is 0.370 e. The summed E-state index contributed by atoms with van der Waals surface area (Å²) in [5, 5.41) is 17.7. The zero-order valence-electron chi connectivity index (χ0n) is 14.0. The van der Waals surface area contributed by atoms with E-state index < -0.39 is 0 Å². The van der Waals surface area contributed by atoms with Gasteiger partial charge in [-0.2, -0.15) is 9.78 Å². The van der Waals surface area contributed by atoms with Crippen molar-refractivity contribution in [2.45, 2.75) is 25.6 Å². The minimum atomic E-state index is -0.108. The number of hydrogen-bond donors (Lipinski definition) is 1. The maximum atomic E-state index is 12.7. The Labute approximate surface area is 149 Å². The molecule has 26 heavy (non-hydrogen) atoms. The van der Waals surface area contributed by atoms with Crippen LogP contribution in [0.25, 0.3) is 5.82 Å². The highest BCUT2D eigenvalue weighted by atomic mass is 16.5. The van der Waals surface area contributed by atoms with Crippen molar-refractivity contribution in [1.29, 1.82) is 0 Å². The maximum absolute atomic E-state index is 12.7. The van der Waals surface area contributed by atoms with Gasteiger partial charge in [-0.1, -0.05) is 6.07 Å². The van der Waals surface area contributed by atoms with Crippen LogP contribution in [0.2, 0.25) is 0 Å². The van der Waals surface area contributed by atoms with E-state index in [1.165, 1.54) is 11.0 Å². The number of pyridine rings is 1. The van der Waals surface area contributed by atoms with Crippen LogP contribution in [0.4, 0.5) is 0 Å². The molecule has 1 aliphatic rings. The Kier molecular flexibility index (Phi) is 4.65. The van der Waals surface area contributed by atoms with Gasteiger partial charge in [-0.05, 0) is 35.4 Å². The molecule has 3 aromatic heterocycles. The topological polar surface area (TPSA) is 115 Å². The third-order valence-corrected chi connectivity index (χ3v) is 4.24. The summed E-state index contributed by atoms with van der Waals surface area (Å²) in [6.07, 6.45) is 4.99. The van der Waals surface area contributed by atoms with Crippen molar-refractivity contribution < 1.29 is 9.53 Å². The van der Waals surface area contributed by atoms with E-state index in [1.807, 2.05) is 18.2 Å². The Bertz CT molecular complexity index is 848. The van der Waals surface area contributed by atoms with Crippen LogP contribution < -0.4 is 0 Å². The van der Waals surface area contributed by atoms with Crippen LogP contribution in [0.15, 0.2) is 36.8 Å². The zero-order chi connectivity index (χ0) is 17.8. The molecule has 10 nitrogen and oxygen atoms in total. The summed E-state index contributed by atoms with van der Waals surface area (Å²) >= 11 is 0. The molecular formula is C16H18N8O2. The molecular weight excluding hydrogens is 336 g/mol. The average Bonchev–Trinajstić information content (AvgIpc) is 3.38. The minimum absolute atomic E-state index is 0.00314. The summed E-state index contributed by atoms with van der Waals surface area (Å²) < 4.78 is 7.33. The van der Waals surface area contributed by atoms with Gasteiger partial charge in [0.2, 0.25) is 0 Å². The number of H-pyrrole nitrogens is 1. The van der Waals surface area contributed by atoms with E-state index in [2.05, 4.69) is 30.7 Å². The molecule has 1 atom stereocenters. The lowest BCUT2D eigenvalue weighted by Crippen LogP contribution is -2.43. The first-order chi connectivity index (χ1) is 12.8. The molecule has 0 aliphatic carbocycles. The standard InChI is InChI=1S/C16H18N8O2/c25-16(14-8-15(20-19-14)24-11-18-21-22-24)23-7-3-5-13(9-23)26-10-12-4-1-2-6-17-12/h1-2,4,6,8,11,13H,3,5,7,9-10H2,(H,19,20). The number of nitrogens with one attached hydrogen (secondary N) is 1. The lowest BCUT2D eigenvalue weighted by molar-refractivity contribution is -0.00801. The lowest BCUT2D eigenvalue weighted by atomic mass is 10.1. The van der Waals surface area contributed by atoms with Gasteiger partial charge in [0, 0.05) is 25.4 Å². The van der Waals surface area contributed by atoms with Crippen molar-refractivity contribution >= 4 is 5.91 Å². The van der Waals surface area contributed by atoms with E-state index in [1.54, 1.807) is 17.2 Å². The van der Waals surface area contributed by atoms with E-state index in [0.717, 1.165) is 18.5 Å². The number of aromatic nitrogens is 7. The maximum Gasteiger partial charge on any atom is 0.272 e. The second-order valence-electron chi connectivity index (χ2n) is 6.04. The molecule has 1 fully saturated rings. The van der Waals surface area contributed by atoms with Gasteiger partial charge in [-0.15, -0.1) is 5.10 Å². The Morgan fingerprint density at radius 3 is 3.15 bits per heavy atom. The number of carbonyl (C=O) groups excluding carboxylic acids is 1. The fourth-order valence-corrected chi connectivity index (χ4v) is 2.92. The van der Waals surface area contributed by atoms with Crippen LogP contribution in [0.5, 0.6) is 0 Å². The fraction of sp³-hybridized carbons (Fsp3) is 0.375. The molecule has 0 radical (unpaired) electrons. The molecule has 4 heterocycles. The Morgan fingerprint density at radius 1 is 1.38 bits per heavy atom. The normalized spacial score (nSPS) is 17.4. The van der Waals surface area contributed by atoms with E-state index in [0.29, 0.717) is 31.2 Å². The minimum Gasteiger partial charge on any atom is -0.370 e. The van der Waals surface area contributed by atoms with Crippen molar-refractivity contribution in [2.24, 2.45) is 0 Å². The molecule has 0 bridgehead atoms. The summed E-state index contributed by atoms with van der Waals surface area (Å²) in [6, 6.07) is 7.37. The predicted molar refractivity (Wildman–Crippen MR) is 89.3 cm³/mol. The summed E-state index contributed by atoms with van der Waals surface area (Å²) in [5.41, 5.74) is 1.29. The van der Waals surface area contributed by atoms with Gasteiger partial charge < -0.3 is 9.64 Å². The first kappa shape index (κ1) is 16.3. The molecule has 10 heteroatoms. The number of hydrogen-bond acceptors (Lipinski definition) is 7. The van der Waals surface area contributed by atoms with Crippen LogP contribution in [0.3, 0.4) is 0 Å². The van der Waals surface area contributed by atoms with Crippen LogP contribution in [0.1, 0.15) is 29.0 Å². The van der Waals surface area contributed by atoms with Gasteiger partial charge in [-0.3, -0.25) is 14.9 Å². The number of tetrazole rings is 1. The molecule has 1 N–H and O–H groups in total. The molecule has 134 valence electrons. The number of piperidine rings is 1. The van der Waals surface area contributed by atoms with Crippen LogP contribution in [-0.2, 0) is 11.3 Å². The zero-order valence-corrected chi connectivity index (χ0v) is 14.0. The summed E-state index contributed by atoms with van der Waals surface area (Å²) in [4.78, 5) is 18.8. The number of aromatic amines is 1. The van der Waals surface area contributed by atoms with E-state index in [9.17, 15) is 4.79 Å². The monoisotopic (exact) mass is 354 g/mol. The van der Waals surface area contributed by atoms with E-state index >= 15 is 0 Å². The van der Waals surface area contributed by atoms with E-state index in [4.69, 9.17) is 4.74 Å². The molecule has 1 saturated heterocycles. The molecule has 0 saturated carbocycles. The van der Waals surface area contributed by atoms with Crippen LogP contribution in [0, 0.1) is 0 Å². The summed E-state index contributed by atoms with van der Waals surface area (Å²) in [6.45, 7) is 1.69. The van der Waals surface area contributed by atoms with Gasteiger partial charge in [0.25, 0.3) is 5.91 Å². The molecule has 1 aliphatic heterocycles. The van der Waals surface area contributed by atoms with Gasteiger partial charge in [0.05, 0.1) is 18.4 Å². The average molecular weight is 354 g/mol. The lowest BCUT2D eigenvalue weighted by Gasteiger charge is -2.32. The number of nitrogens with zero attached hydrogens (tertiary/aromatic N) is 7. The van der Waals surface area contributed by atoms with Gasteiger partial charge >= 0.3 is 0 Å². The highest BCUT2D eigenvalue weighted by molar-refractivity contribution is 5.92. The second-order valence-corrected chi connectivity index (χ2v) is 6.04. The fourth-order valence-electron chi connectivity index (χ4n) is 2.92. The SMILES string of the molecule is O=C(c1cc(-n2cnnn2)n[nH]1)N1CCCC(OCc2ccccn2)C1. The van der Waals surface area contributed by atoms with Crippen molar-refractivity contribution in [3.8, 4) is 5.82 Å². The third kappa shape index (κ3) is 3.59. The highest BCUT2D eigenvalue weighted by Crippen LogP contribution is 2.17. The smallest absolute Gasteiger partial charge is 0.272 e. The quantitative estimate of drug-likeness (QED) is 0.713. The number of ether oxygens (including phenoxy) is 1. The molecule has 0 spiro atoms. The number of amides is 1. The summed E-state index contributed by atoms with van der Waals surface area (Å²) in [5.74, 6) is 0.362. The molecule has 0 aromatic carbocycles. The van der Waals surface area contributed by atoms with Crippen LogP contribution >= 0.6 is 0 Å². The van der Waals surface area contributed by atoms with Crippen LogP contribution in [-0.4, -0.2) is 65.4 Å². The number of likely N-dealkylation sites (tertiary alicyclic amines) is 1. The first-order valence-electron chi connectivity index (χ1n) is 8.39. The third-order valence-electron chi connectivity index (χ3n) is 4.24. The molecule has 1 amide bonds. The van der Waals surface area contributed by atoms with Crippen molar-refractivity contribution in [3.63, 3.8) is 0 Å². The van der Waals surface area contributed by atoms with Crippen molar-refractivity contribution in [1.82, 2.24) is 40.3 Å². The molecule has 4 rings (SSSR count). The number of rotatable bonds is 5. The Balaban J connectivity index is 1.37. The highest BCUT2D eigenvalue weighted by Gasteiger charge is 2.26. The van der Waals surface area contributed by atoms with Crippen molar-refractivity contribution in [3.05, 3.63) is 48.2 Å². The Hall–Kier alpha value is -3.14. The molecule has 3 aromatic rings. The Morgan fingerprint density at radius 2 is 2.35 bits per heavy atom. The van der Waals surface area contributed by atoms with Gasteiger partial charge in [-0.25, -0.2) is 0 Å².